The van der Waals surface area contributed by atoms with Crippen molar-refractivity contribution < 1.29 is 22.7 Å². The molecule has 4 rings (SSSR count). The molecule has 2 aromatic carbocycles. The number of ether oxygens (including phenoxy) is 1. The molecule has 1 unspecified atom stereocenters. The fourth-order valence-electron chi connectivity index (χ4n) is 3.76. The number of carbonyl (C=O) groups excluding carboxylic acids is 1. The Kier molecular flexibility index (Phi) is 5.87. The first kappa shape index (κ1) is 21.2. The van der Waals surface area contributed by atoms with Gasteiger partial charge >= 0.3 is 6.18 Å². The minimum absolute atomic E-state index is 0.166. The lowest BCUT2D eigenvalue weighted by atomic mass is 9.93. The summed E-state index contributed by atoms with van der Waals surface area (Å²) in [5.74, 6) is 0.434. The van der Waals surface area contributed by atoms with Gasteiger partial charge in [-0.25, -0.2) is 0 Å². The molecule has 0 fully saturated rings. The van der Waals surface area contributed by atoms with Crippen LogP contribution in [0.25, 0.3) is 0 Å². The molecule has 0 amide bonds. The molecule has 31 heavy (non-hydrogen) atoms. The van der Waals surface area contributed by atoms with Crippen LogP contribution >= 0.6 is 11.3 Å². The lowest BCUT2D eigenvalue weighted by molar-refractivity contribution is -0.137. The van der Waals surface area contributed by atoms with Crippen LogP contribution in [0.4, 0.5) is 13.2 Å². The van der Waals surface area contributed by atoms with E-state index in [2.05, 4.69) is 0 Å². The molecule has 1 aromatic heterocycles. The number of thiophene rings is 1. The number of hydrogen-bond acceptors (Lipinski definition) is 4. The Balaban J connectivity index is 1.63. The number of benzene rings is 2. The highest BCUT2D eigenvalue weighted by Gasteiger charge is 2.32. The van der Waals surface area contributed by atoms with Gasteiger partial charge in [0.05, 0.1) is 18.7 Å². The first-order chi connectivity index (χ1) is 14.9. The van der Waals surface area contributed by atoms with Crippen LogP contribution in [-0.4, -0.2) is 24.3 Å². The van der Waals surface area contributed by atoms with Crippen LogP contribution in [0, 0.1) is 0 Å². The summed E-state index contributed by atoms with van der Waals surface area (Å²) in [6.45, 7) is 0.668. The Bertz CT molecular complexity index is 1100. The van der Waals surface area contributed by atoms with Crippen molar-refractivity contribution in [1.82, 2.24) is 4.90 Å². The summed E-state index contributed by atoms with van der Waals surface area (Å²) in [5.41, 5.74) is 1.66. The third-order valence-corrected chi connectivity index (χ3v) is 6.33. The first-order valence-corrected chi connectivity index (χ1v) is 10.6. The monoisotopic (exact) mass is 443 g/mol. The zero-order valence-corrected chi connectivity index (χ0v) is 17.5. The topological polar surface area (TPSA) is 29.5 Å². The van der Waals surface area contributed by atoms with E-state index in [9.17, 15) is 18.0 Å². The van der Waals surface area contributed by atoms with Gasteiger partial charge in [-0.15, -0.1) is 11.3 Å². The van der Waals surface area contributed by atoms with E-state index >= 15 is 0 Å². The minimum Gasteiger partial charge on any atom is -0.497 e. The van der Waals surface area contributed by atoms with Crippen molar-refractivity contribution in [2.45, 2.75) is 18.6 Å². The van der Waals surface area contributed by atoms with Crippen LogP contribution in [0.15, 0.2) is 72.3 Å². The van der Waals surface area contributed by atoms with Gasteiger partial charge in [0.15, 0.2) is 5.78 Å². The maximum atomic E-state index is 13.0. The van der Waals surface area contributed by atoms with Gasteiger partial charge in [0.1, 0.15) is 5.75 Å². The van der Waals surface area contributed by atoms with Gasteiger partial charge in [0.2, 0.25) is 0 Å². The van der Waals surface area contributed by atoms with E-state index in [1.807, 2.05) is 16.3 Å². The maximum absolute atomic E-state index is 13.0. The zero-order valence-electron chi connectivity index (χ0n) is 16.7. The molecule has 0 bridgehead atoms. The molecular weight excluding hydrogens is 423 g/mol. The van der Waals surface area contributed by atoms with E-state index in [0.29, 0.717) is 17.9 Å². The Morgan fingerprint density at radius 1 is 1.16 bits per heavy atom. The third-order valence-electron chi connectivity index (χ3n) is 5.33. The summed E-state index contributed by atoms with van der Waals surface area (Å²) in [5, 5.41) is 2.00. The third kappa shape index (κ3) is 4.51. The van der Waals surface area contributed by atoms with Crippen molar-refractivity contribution in [3.8, 4) is 5.75 Å². The molecule has 0 aliphatic carbocycles. The van der Waals surface area contributed by atoms with E-state index in [4.69, 9.17) is 4.74 Å². The molecule has 0 saturated carbocycles. The molecular formula is C24H20F3NO2S. The van der Waals surface area contributed by atoms with E-state index in [-0.39, 0.29) is 11.8 Å². The van der Waals surface area contributed by atoms with Crippen LogP contribution in [0.3, 0.4) is 0 Å². The summed E-state index contributed by atoms with van der Waals surface area (Å²) >= 11 is 1.65. The molecule has 0 N–H and O–H groups in total. The second-order valence-corrected chi connectivity index (χ2v) is 8.22. The molecule has 7 heteroatoms. The molecule has 1 aliphatic heterocycles. The fraction of sp³-hybridized carbons (Fsp3) is 0.208. The Hall–Kier alpha value is -3.06. The van der Waals surface area contributed by atoms with Gasteiger partial charge in [0, 0.05) is 29.3 Å². The van der Waals surface area contributed by atoms with Crippen LogP contribution in [0.2, 0.25) is 0 Å². The van der Waals surface area contributed by atoms with Gasteiger partial charge in [-0.2, -0.15) is 13.2 Å². The van der Waals surface area contributed by atoms with Gasteiger partial charge in [-0.1, -0.05) is 24.3 Å². The Labute approximate surface area is 182 Å². The summed E-state index contributed by atoms with van der Waals surface area (Å²) < 4.78 is 44.1. The number of rotatable bonds is 5. The quantitative estimate of drug-likeness (QED) is 0.352. The number of methoxy groups -OCH3 is 1. The minimum atomic E-state index is -4.37. The number of allylic oxidation sites excluding steroid dienone is 1. The summed E-state index contributed by atoms with van der Waals surface area (Å²) in [7, 11) is 1.54. The van der Waals surface area contributed by atoms with E-state index in [1.54, 1.807) is 48.9 Å². The van der Waals surface area contributed by atoms with Crippen molar-refractivity contribution in [2.75, 3.05) is 13.7 Å². The summed E-state index contributed by atoms with van der Waals surface area (Å²) in [6, 6.07) is 13.9. The molecule has 1 atom stereocenters. The summed E-state index contributed by atoms with van der Waals surface area (Å²) in [4.78, 5) is 15.9. The molecule has 160 valence electrons. The van der Waals surface area contributed by atoms with Crippen molar-refractivity contribution in [1.29, 1.82) is 0 Å². The first-order valence-electron chi connectivity index (χ1n) is 9.72. The second-order valence-electron chi connectivity index (χ2n) is 7.22. The smallest absolute Gasteiger partial charge is 0.416 e. The van der Waals surface area contributed by atoms with Gasteiger partial charge in [0.25, 0.3) is 0 Å². The maximum Gasteiger partial charge on any atom is 0.416 e. The number of alkyl halides is 3. The largest absolute Gasteiger partial charge is 0.497 e. The van der Waals surface area contributed by atoms with Crippen molar-refractivity contribution in [3.05, 3.63) is 99.4 Å². The predicted molar refractivity (Wildman–Crippen MR) is 114 cm³/mol. The highest BCUT2D eigenvalue weighted by molar-refractivity contribution is 7.10. The molecule has 0 saturated heterocycles. The number of ketones is 1. The average Bonchev–Trinajstić information content (AvgIpc) is 3.25. The lowest BCUT2D eigenvalue weighted by Gasteiger charge is -2.35. The number of carbonyl (C=O) groups is 1. The van der Waals surface area contributed by atoms with Crippen molar-refractivity contribution in [3.63, 3.8) is 0 Å². The zero-order chi connectivity index (χ0) is 22.0. The second kappa shape index (κ2) is 8.59. The van der Waals surface area contributed by atoms with Crippen LogP contribution in [-0.2, 0) is 12.6 Å². The number of fused-ring (bicyclic) bond motifs is 1. The normalized spacial score (nSPS) is 16.4. The van der Waals surface area contributed by atoms with E-state index in [1.165, 1.54) is 23.1 Å². The molecule has 1 aliphatic rings. The highest BCUT2D eigenvalue weighted by atomic mass is 32.1. The van der Waals surface area contributed by atoms with Crippen LogP contribution < -0.4 is 4.74 Å². The molecule has 0 spiro atoms. The van der Waals surface area contributed by atoms with Crippen molar-refractivity contribution >= 4 is 17.1 Å². The Morgan fingerprint density at radius 3 is 2.65 bits per heavy atom. The highest BCUT2D eigenvalue weighted by Crippen LogP contribution is 2.39. The molecule has 0 radical (unpaired) electrons. The summed E-state index contributed by atoms with van der Waals surface area (Å²) in [6.07, 6.45) is -0.308. The van der Waals surface area contributed by atoms with Crippen LogP contribution in [0.1, 0.15) is 38.0 Å². The van der Waals surface area contributed by atoms with Crippen molar-refractivity contribution in [2.24, 2.45) is 0 Å². The number of halogens is 3. The number of nitrogens with zero attached hydrogens (tertiary/aromatic N) is 1. The molecule has 3 nitrogen and oxygen atoms in total. The molecule has 2 heterocycles. The Morgan fingerprint density at radius 2 is 1.94 bits per heavy atom. The van der Waals surface area contributed by atoms with E-state index < -0.39 is 11.7 Å². The standard InChI is InChI=1S/C24H20F3NO2S/c1-30-19-4-2-3-17(15-19)21(29)9-12-28-13-10-22-20(11-14-31-22)23(28)16-5-7-18(8-6-16)24(25,26)27/h2-9,11-12,14-15,23H,10,13H2,1H3. The average molecular weight is 443 g/mol. The van der Waals surface area contributed by atoms with E-state index in [0.717, 1.165) is 29.7 Å². The van der Waals surface area contributed by atoms with Gasteiger partial charge in [-0.05, 0) is 53.3 Å². The SMILES string of the molecule is COc1cccc(C(=O)C=CN2CCc3sccc3C2c2ccc(C(F)(F)F)cc2)c1. The molecule has 3 aromatic rings. The number of hydrogen-bond donors (Lipinski definition) is 0. The fourth-order valence-corrected chi connectivity index (χ4v) is 4.66. The van der Waals surface area contributed by atoms with Gasteiger partial charge < -0.3 is 9.64 Å². The predicted octanol–water partition coefficient (Wildman–Crippen LogP) is 6.12. The van der Waals surface area contributed by atoms with Crippen LogP contribution in [0.5, 0.6) is 5.75 Å². The van der Waals surface area contributed by atoms with Gasteiger partial charge in [-0.3, -0.25) is 4.79 Å². The lowest BCUT2D eigenvalue weighted by Crippen LogP contribution is -2.31.